The fourth-order valence-corrected chi connectivity index (χ4v) is 1.90. The number of pyridine rings is 1. The van der Waals surface area contributed by atoms with Crippen molar-refractivity contribution < 1.29 is 14.6 Å². The van der Waals surface area contributed by atoms with Crippen LogP contribution in [0.5, 0.6) is 5.75 Å². The number of hydrogen-bond donors (Lipinski definition) is 2. The Hall–Kier alpha value is -2.27. The number of hydrogen-bond acceptors (Lipinski definition) is 4. The molecule has 0 spiro atoms. The van der Waals surface area contributed by atoms with Crippen LogP contribution in [0.4, 0.5) is 5.82 Å². The lowest BCUT2D eigenvalue weighted by Gasteiger charge is -2.11. The minimum Gasteiger partial charge on any atom is -0.496 e. The molecule has 5 nitrogen and oxygen atoms in total. The van der Waals surface area contributed by atoms with Crippen LogP contribution in [0.3, 0.4) is 0 Å². The fraction of sp³-hybridized carbons (Fsp3) is 0.0769. The van der Waals surface area contributed by atoms with E-state index in [0.717, 1.165) is 0 Å². The second kappa shape index (κ2) is 5.16. The third kappa shape index (κ3) is 2.61. The number of aromatic carboxylic acids is 1. The molecule has 0 unspecified atom stereocenters. The summed E-state index contributed by atoms with van der Waals surface area (Å²) < 4.78 is 5.21. The van der Waals surface area contributed by atoms with Gasteiger partial charge in [0.05, 0.1) is 7.11 Å². The maximum absolute atomic E-state index is 11.2. The molecule has 0 atom stereocenters. The molecule has 0 amide bonds. The number of nitrogen functional groups attached to an aromatic ring is 1. The lowest BCUT2D eigenvalue weighted by atomic mass is 10.0. The Kier molecular flexibility index (Phi) is 3.57. The van der Waals surface area contributed by atoms with Gasteiger partial charge in [0, 0.05) is 16.1 Å². The predicted molar refractivity (Wildman–Crippen MR) is 72.6 cm³/mol. The Labute approximate surface area is 114 Å². The lowest BCUT2D eigenvalue weighted by molar-refractivity contribution is 0.0691. The molecule has 3 N–H and O–H groups in total. The van der Waals surface area contributed by atoms with E-state index in [0.29, 0.717) is 21.9 Å². The van der Waals surface area contributed by atoms with Crippen LogP contribution >= 0.6 is 11.6 Å². The SMILES string of the molecule is COc1cc(Cl)ccc1-c1ccc(N)nc1C(=O)O. The van der Waals surface area contributed by atoms with Crippen molar-refractivity contribution in [3.63, 3.8) is 0 Å². The molecule has 19 heavy (non-hydrogen) atoms. The standard InChI is InChI=1S/C13H11ClN2O3/c1-19-10-6-7(14)2-3-8(10)9-4-5-11(15)16-12(9)13(17)18/h2-6H,1H3,(H2,15,16)(H,17,18). The van der Waals surface area contributed by atoms with Crippen LogP contribution in [0.25, 0.3) is 11.1 Å². The van der Waals surface area contributed by atoms with Crippen LogP contribution in [-0.2, 0) is 0 Å². The van der Waals surface area contributed by atoms with Crippen LogP contribution in [0.2, 0.25) is 5.02 Å². The van der Waals surface area contributed by atoms with Gasteiger partial charge in [0.2, 0.25) is 0 Å². The zero-order valence-electron chi connectivity index (χ0n) is 10.1. The molecule has 2 aromatic rings. The van der Waals surface area contributed by atoms with Crippen molar-refractivity contribution in [3.05, 3.63) is 41.0 Å². The van der Waals surface area contributed by atoms with E-state index in [2.05, 4.69) is 4.98 Å². The van der Waals surface area contributed by atoms with E-state index < -0.39 is 5.97 Å². The molecule has 1 heterocycles. The number of halogens is 1. The maximum atomic E-state index is 11.2. The van der Waals surface area contributed by atoms with Gasteiger partial charge < -0.3 is 15.6 Å². The number of methoxy groups -OCH3 is 1. The lowest BCUT2D eigenvalue weighted by Crippen LogP contribution is -2.06. The number of carbonyl (C=O) groups is 1. The van der Waals surface area contributed by atoms with Crippen molar-refractivity contribution >= 4 is 23.4 Å². The van der Waals surface area contributed by atoms with Crippen molar-refractivity contribution in [3.8, 4) is 16.9 Å². The summed E-state index contributed by atoms with van der Waals surface area (Å²) in [5.41, 5.74) is 6.41. The molecule has 98 valence electrons. The minimum absolute atomic E-state index is 0.124. The summed E-state index contributed by atoms with van der Waals surface area (Å²) in [6.07, 6.45) is 0. The van der Waals surface area contributed by atoms with E-state index in [1.54, 1.807) is 24.3 Å². The zero-order valence-corrected chi connectivity index (χ0v) is 10.8. The molecule has 1 aromatic carbocycles. The van der Waals surface area contributed by atoms with Crippen LogP contribution in [0, 0.1) is 0 Å². The fourth-order valence-electron chi connectivity index (χ4n) is 1.74. The third-order valence-corrected chi connectivity index (χ3v) is 2.81. The summed E-state index contributed by atoms with van der Waals surface area (Å²) in [5.74, 6) is -0.532. The van der Waals surface area contributed by atoms with Gasteiger partial charge in [-0.2, -0.15) is 0 Å². The summed E-state index contributed by atoms with van der Waals surface area (Å²) in [6.45, 7) is 0. The first kappa shape index (κ1) is 13.2. The zero-order chi connectivity index (χ0) is 14.0. The van der Waals surface area contributed by atoms with Gasteiger partial charge in [-0.25, -0.2) is 9.78 Å². The van der Waals surface area contributed by atoms with Crippen molar-refractivity contribution in [2.45, 2.75) is 0 Å². The van der Waals surface area contributed by atoms with Gasteiger partial charge >= 0.3 is 5.97 Å². The molecule has 6 heteroatoms. The molecule has 0 fully saturated rings. The summed E-state index contributed by atoms with van der Waals surface area (Å²) in [4.78, 5) is 15.1. The van der Waals surface area contributed by atoms with Crippen molar-refractivity contribution in [2.24, 2.45) is 0 Å². The molecule has 0 aliphatic carbocycles. The number of nitrogens with two attached hydrogens (primary N) is 1. The Morgan fingerprint density at radius 2 is 2.00 bits per heavy atom. The molecule has 0 aliphatic rings. The van der Waals surface area contributed by atoms with Crippen molar-refractivity contribution in [1.82, 2.24) is 4.98 Å². The van der Waals surface area contributed by atoms with E-state index >= 15 is 0 Å². The summed E-state index contributed by atoms with van der Waals surface area (Å²) in [5, 5.41) is 9.69. The Morgan fingerprint density at radius 3 is 2.63 bits per heavy atom. The largest absolute Gasteiger partial charge is 0.496 e. The second-order valence-electron chi connectivity index (χ2n) is 3.78. The quantitative estimate of drug-likeness (QED) is 0.901. The monoisotopic (exact) mass is 278 g/mol. The number of benzene rings is 1. The van der Waals surface area contributed by atoms with Gasteiger partial charge in [-0.05, 0) is 30.3 Å². The predicted octanol–water partition coefficient (Wildman–Crippen LogP) is 2.69. The van der Waals surface area contributed by atoms with Gasteiger partial charge in [0.25, 0.3) is 0 Å². The number of nitrogens with zero attached hydrogens (tertiary/aromatic N) is 1. The topological polar surface area (TPSA) is 85.4 Å². The normalized spacial score (nSPS) is 10.2. The summed E-state index contributed by atoms with van der Waals surface area (Å²) in [6, 6.07) is 8.08. The van der Waals surface area contributed by atoms with Crippen LogP contribution in [-0.4, -0.2) is 23.2 Å². The number of anilines is 1. The van der Waals surface area contributed by atoms with Crippen molar-refractivity contribution in [1.29, 1.82) is 0 Å². The number of aromatic nitrogens is 1. The van der Waals surface area contributed by atoms with E-state index in [9.17, 15) is 9.90 Å². The Bertz CT molecular complexity index is 644. The molecule has 2 rings (SSSR count). The number of carboxylic acids is 1. The van der Waals surface area contributed by atoms with E-state index in [-0.39, 0.29) is 11.5 Å². The Balaban J connectivity index is 2.68. The molecule has 0 saturated carbocycles. The van der Waals surface area contributed by atoms with Gasteiger partial charge in [0.15, 0.2) is 5.69 Å². The molecule has 0 radical (unpaired) electrons. The van der Waals surface area contributed by atoms with E-state index in [4.69, 9.17) is 22.1 Å². The van der Waals surface area contributed by atoms with Gasteiger partial charge in [-0.3, -0.25) is 0 Å². The average molecular weight is 279 g/mol. The molecule has 0 saturated heterocycles. The second-order valence-corrected chi connectivity index (χ2v) is 4.22. The van der Waals surface area contributed by atoms with Gasteiger partial charge in [-0.1, -0.05) is 11.6 Å². The van der Waals surface area contributed by atoms with Gasteiger partial charge in [0.1, 0.15) is 11.6 Å². The first-order valence-corrected chi connectivity index (χ1v) is 5.74. The first-order valence-electron chi connectivity index (χ1n) is 5.36. The highest BCUT2D eigenvalue weighted by atomic mass is 35.5. The van der Waals surface area contributed by atoms with Gasteiger partial charge in [-0.15, -0.1) is 0 Å². The number of rotatable bonds is 3. The first-order chi connectivity index (χ1) is 9.02. The van der Waals surface area contributed by atoms with Crippen LogP contribution < -0.4 is 10.5 Å². The van der Waals surface area contributed by atoms with Crippen LogP contribution in [0.15, 0.2) is 30.3 Å². The molecule has 0 aliphatic heterocycles. The molecule has 0 bridgehead atoms. The number of carboxylic acid groups (broad SMARTS) is 1. The molecule has 1 aromatic heterocycles. The highest BCUT2D eigenvalue weighted by Gasteiger charge is 2.17. The van der Waals surface area contributed by atoms with E-state index in [1.807, 2.05) is 0 Å². The average Bonchev–Trinajstić information content (AvgIpc) is 2.38. The minimum atomic E-state index is -1.15. The van der Waals surface area contributed by atoms with Crippen molar-refractivity contribution in [2.75, 3.05) is 12.8 Å². The maximum Gasteiger partial charge on any atom is 0.355 e. The highest BCUT2D eigenvalue weighted by Crippen LogP contribution is 2.34. The highest BCUT2D eigenvalue weighted by molar-refractivity contribution is 6.30. The summed E-state index contributed by atoms with van der Waals surface area (Å²) in [7, 11) is 1.49. The summed E-state index contributed by atoms with van der Waals surface area (Å²) >= 11 is 5.88. The Morgan fingerprint density at radius 1 is 1.32 bits per heavy atom. The van der Waals surface area contributed by atoms with E-state index in [1.165, 1.54) is 13.2 Å². The molecular weight excluding hydrogens is 268 g/mol. The number of ether oxygens (including phenoxy) is 1. The van der Waals surface area contributed by atoms with Crippen LogP contribution in [0.1, 0.15) is 10.5 Å². The smallest absolute Gasteiger partial charge is 0.355 e. The third-order valence-electron chi connectivity index (χ3n) is 2.57. The molecular formula is C13H11ClN2O3.